The number of rotatable bonds is 10. The first-order chi connectivity index (χ1) is 14.6. The van der Waals surface area contributed by atoms with Crippen LogP contribution in [0.3, 0.4) is 0 Å². The van der Waals surface area contributed by atoms with Gasteiger partial charge in [0.15, 0.2) is 11.5 Å². The molecule has 0 spiro atoms. The third-order valence-corrected chi connectivity index (χ3v) is 5.04. The quantitative estimate of drug-likeness (QED) is 0.494. The van der Waals surface area contributed by atoms with Gasteiger partial charge in [0.2, 0.25) is 11.8 Å². The van der Waals surface area contributed by atoms with Gasteiger partial charge in [-0.15, -0.1) is 11.3 Å². The normalized spacial score (nSPS) is 10.5. The number of amides is 1. The standard InChI is InChI=1S/C21H23N3O5S/c1-26-9-10-29-20-16(5-4-8-22-20)24-19(25)12-15-13-30-21(23-15)14-6-7-17(27-2)18(11-14)28-3/h4-8,11,13H,9-10,12H2,1-3H3,(H,24,25). The number of methoxy groups -OCH3 is 3. The first kappa shape index (κ1) is 21.5. The first-order valence-corrected chi connectivity index (χ1v) is 10.1. The predicted molar refractivity (Wildman–Crippen MR) is 115 cm³/mol. The SMILES string of the molecule is COCCOc1ncccc1NC(=O)Cc1csc(-c2ccc(OC)c(OC)c2)n1. The number of hydrogen-bond donors (Lipinski definition) is 1. The molecule has 0 fully saturated rings. The summed E-state index contributed by atoms with van der Waals surface area (Å²) in [6.45, 7) is 0.777. The number of anilines is 1. The van der Waals surface area contributed by atoms with E-state index in [-0.39, 0.29) is 12.3 Å². The van der Waals surface area contributed by atoms with Crippen LogP contribution in [0.2, 0.25) is 0 Å². The molecule has 0 unspecified atom stereocenters. The molecule has 30 heavy (non-hydrogen) atoms. The zero-order chi connectivity index (χ0) is 21.3. The Bertz CT molecular complexity index is 992. The third-order valence-electron chi connectivity index (χ3n) is 4.10. The Labute approximate surface area is 178 Å². The lowest BCUT2D eigenvalue weighted by atomic mass is 10.2. The van der Waals surface area contributed by atoms with Crippen molar-refractivity contribution in [2.45, 2.75) is 6.42 Å². The van der Waals surface area contributed by atoms with Crippen LogP contribution in [0, 0.1) is 0 Å². The molecule has 0 aliphatic rings. The van der Waals surface area contributed by atoms with Gasteiger partial charge >= 0.3 is 0 Å². The molecule has 8 nitrogen and oxygen atoms in total. The monoisotopic (exact) mass is 429 g/mol. The van der Waals surface area contributed by atoms with Crippen molar-refractivity contribution in [3.05, 3.63) is 47.6 Å². The minimum absolute atomic E-state index is 0.135. The molecule has 1 amide bonds. The number of hydrogen-bond acceptors (Lipinski definition) is 8. The molecule has 3 rings (SSSR count). The number of ether oxygens (including phenoxy) is 4. The first-order valence-electron chi connectivity index (χ1n) is 9.18. The van der Waals surface area contributed by atoms with Gasteiger partial charge in [0.1, 0.15) is 17.3 Å². The van der Waals surface area contributed by atoms with E-state index in [9.17, 15) is 4.79 Å². The zero-order valence-electron chi connectivity index (χ0n) is 17.0. The molecule has 0 aliphatic carbocycles. The average molecular weight is 429 g/mol. The number of thiazole rings is 1. The van der Waals surface area contributed by atoms with Crippen LogP contribution in [0.1, 0.15) is 5.69 Å². The molecule has 1 N–H and O–H groups in total. The number of aromatic nitrogens is 2. The van der Waals surface area contributed by atoms with E-state index >= 15 is 0 Å². The van der Waals surface area contributed by atoms with Crippen molar-refractivity contribution < 1.29 is 23.7 Å². The minimum atomic E-state index is -0.205. The van der Waals surface area contributed by atoms with Crippen LogP contribution in [0.15, 0.2) is 41.9 Å². The van der Waals surface area contributed by atoms with Crippen LogP contribution >= 0.6 is 11.3 Å². The van der Waals surface area contributed by atoms with E-state index < -0.39 is 0 Å². The molecule has 0 atom stereocenters. The maximum Gasteiger partial charge on any atom is 0.237 e. The summed E-state index contributed by atoms with van der Waals surface area (Å²) in [5.74, 6) is 1.43. The van der Waals surface area contributed by atoms with E-state index in [1.54, 1.807) is 39.7 Å². The summed E-state index contributed by atoms with van der Waals surface area (Å²) in [6.07, 6.45) is 1.74. The van der Waals surface area contributed by atoms with E-state index in [0.717, 1.165) is 10.6 Å². The molecule has 2 aromatic heterocycles. The van der Waals surface area contributed by atoms with Crippen molar-refractivity contribution >= 4 is 22.9 Å². The molecule has 2 heterocycles. The number of carbonyl (C=O) groups is 1. The van der Waals surface area contributed by atoms with Crippen molar-refractivity contribution in [2.75, 3.05) is 39.9 Å². The topological polar surface area (TPSA) is 91.8 Å². The van der Waals surface area contributed by atoms with Crippen molar-refractivity contribution in [1.29, 1.82) is 0 Å². The molecular formula is C21H23N3O5S. The Morgan fingerprint density at radius 1 is 1.10 bits per heavy atom. The zero-order valence-corrected chi connectivity index (χ0v) is 17.8. The third kappa shape index (κ3) is 5.46. The number of carbonyl (C=O) groups excluding carboxylic acids is 1. The lowest BCUT2D eigenvalue weighted by Crippen LogP contribution is -2.16. The summed E-state index contributed by atoms with van der Waals surface area (Å²) in [7, 11) is 4.77. The van der Waals surface area contributed by atoms with E-state index in [4.69, 9.17) is 18.9 Å². The molecule has 9 heteroatoms. The highest BCUT2D eigenvalue weighted by Crippen LogP contribution is 2.33. The molecule has 158 valence electrons. The predicted octanol–water partition coefficient (Wildman–Crippen LogP) is 3.43. The van der Waals surface area contributed by atoms with Gasteiger partial charge < -0.3 is 24.3 Å². The van der Waals surface area contributed by atoms with Gasteiger partial charge in [-0.25, -0.2) is 9.97 Å². The smallest absolute Gasteiger partial charge is 0.237 e. The highest BCUT2D eigenvalue weighted by atomic mass is 32.1. The van der Waals surface area contributed by atoms with Gasteiger partial charge in [-0.1, -0.05) is 0 Å². The van der Waals surface area contributed by atoms with Gasteiger partial charge in [0.25, 0.3) is 0 Å². The van der Waals surface area contributed by atoms with Crippen molar-refractivity contribution in [3.8, 4) is 28.0 Å². The van der Waals surface area contributed by atoms with Gasteiger partial charge in [-0.05, 0) is 30.3 Å². The molecule has 0 saturated heterocycles. The van der Waals surface area contributed by atoms with Gasteiger partial charge in [-0.2, -0.15) is 0 Å². The molecule has 0 radical (unpaired) electrons. The fraction of sp³-hybridized carbons (Fsp3) is 0.286. The van der Waals surface area contributed by atoms with Crippen LogP contribution in [0.4, 0.5) is 5.69 Å². The second kappa shape index (κ2) is 10.6. The Balaban J connectivity index is 1.66. The summed E-state index contributed by atoms with van der Waals surface area (Å²) in [4.78, 5) is 21.2. The number of nitrogens with zero attached hydrogens (tertiary/aromatic N) is 2. The highest BCUT2D eigenvalue weighted by molar-refractivity contribution is 7.13. The van der Waals surface area contributed by atoms with E-state index in [1.165, 1.54) is 11.3 Å². The number of pyridine rings is 1. The maximum atomic E-state index is 12.5. The molecule has 0 bridgehead atoms. The molecule has 0 saturated carbocycles. The van der Waals surface area contributed by atoms with Crippen molar-refractivity contribution in [2.24, 2.45) is 0 Å². The van der Waals surface area contributed by atoms with Gasteiger partial charge in [-0.3, -0.25) is 4.79 Å². The van der Waals surface area contributed by atoms with E-state index in [1.807, 2.05) is 23.6 Å². The Morgan fingerprint density at radius 3 is 2.70 bits per heavy atom. The lowest BCUT2D eigenvalue weighted by molar-refractivity contribution is -0.115. The van der Waals surface area contributed by atoms with Crippen LogP contribution < -0.4 is 19.5 Å². The Kier molecular flexibility index (Phi) is 7.58. The summed E-state index contributed by atoms with van der Waals surface area (Å²) in [6, 6.07) is 9.07. The molecule has 0 aliphatic heterocycles. The average Bonchev–Trinajstić information content (AvgIpc) is 3.22. The van der Waals surface area contributed by atoms with Crippen molar-refractivity contribution in [3.63, 3.8) is 0 Å². The molecule has 3 aromatic rings. The van der Waals surface area contributed by atoms with Gasteiger partial charge in [0.05, 0.1) is 32.9 Å². The van der Waals surface area contributed by atoms with Crippen molar-refractivity contribution in [1.82, 2.24) is 9.97 Å². The van der Waals surface area contributed by atoms with Gasteiger partial charge in [0, 0.05) is 24.3 Å². The van der Waals surface area contributed by atoms with E-state index in [0.29, 0.717) is 42.0 Å². The number of nitrogens with one attached hydrogen (secondary N) is 1. The van der Waals surface area contributed by atoms with Crippen LogP contribution in [0.25, 0.3) is 10.6 Å². The maximum absolute atomic E-state index is 12.5. The van der Waals surface area contributed by atoms with Crippen LogP contribution in [-0.4, -0.2) is 50.4 Å². The second-order valence-electron chi connectivity index (χ2n) is 6.14. The molecule has 1 aromatic carbocycles. The highest BCUT2D eigenvalue weighted by Gasteiger charge is 2.14. The Morgan fingerprint density at radius 2 is 1.93 bits per heavy atom. The van der Waals surface area contributed by atoms with Crippen LogP contribution in [-0.2, 0) is 16.0 Å². The fourth-order valence-corrected chi connectivity index (χ4v) is 3.49. The van der Waals surface area contributed by atoms with Crippen LogP contribution in [0.5, 0.6) is 17.4 Å². The number of benzene rings is 1. The largest absolute Gasteiger partial charge is 0.493 e. The summed E-state index contributed by atoms with van der Waals surface area (Å²) >= 11 is 1.46. The summed E-state index contributed by atoms with van der Waals surface area (Å²) in [5, 5.41) is 5.49. The summed E-state index contributed by atoms with van der Waals surface area (Å²) in [5.41, 5.74) is 2.08. The molecular weight excluding hydrogens is 406 g/mol. The lowest BCUT2D eigenvalue weighted by Gasteiger charge is -2.10. The Hall–Kier alpha value is -3.17. The minimum Gasteiger partial charge on any atom is -0.493 e. The fourth-order valence-electron chi connectivity index (χ4n) is 2.67. The summed E-state index contributed by atoms with van der Waals surface area (Å²) < 4.78 is 21.1. The van der Waals surface area contributed by atoms with E-state index in [2.05, 4.69) is 15.3 Å². The second-order valence-corrected chi connectivity index (χ2v) is 6.99.